The molecular formula is C20H28ClF3OSi. The Bertz CT molecular complexity index is 547. The molecule has 1 saturated carbocycles. The highest BCUT2D eigenvalue weighted by Gasteiger charge is 2.31. The van der Waals surface area contributed by atoms with E-state index in [1.54, 1.807) is 12.1 Å². The van der Waals surface area contributed by atoms with Crippen molar-refractivity contribution in [2.75, 3.05) is 0 Å². The predicted octanol–water partition coefficient (Wildman–Crippen LogP) is 7.01. The normalized spacial score (nSPS) is 30.2. The van der Waals surface area contributed by atoms with Crippen molar-refractivity contribution in [3.05, 3.63) is 29.8 Å². The smallest absolute Gasteiger partial charge is 0.406 e. The summed E-state index contributed by atoms with van der Waals surface area (Å²) in [5.74, 6) is 2.06. The Morgan fingerprint density at radius 1 is 0.885 bits per heavy atom. The molecule has 0 spiro atoms. The van der Waals surface area contributed by atoms with Crippen LogP contribution in [-0.2, 0) is 0 Å². The molecule has 1 aromatic carbocycles. The topological polar surface area (TPSA) is 9.23 Å². The van der Waals surface area contributed by atoms with Gasteiger partial charge in [0, 0.05) is 0 Å². The lowest BCUT2D eigenvalue weighted by Crippen LogP contribution is -2.19. The summed E-state index contributed by atoms with van der Waals surface area (Å²) < 4.78 is 40.7. The molecule has 1 heterocycles. The second-order valence-electron chi connectivity index (χ2n) is 8.03. The number of alkyl halides is 3. The lowest BCUT2D eigenvalue weighted by Gasteiger charge is -2.31. The summed E-state index contributed by atoms with van der Waals surface area (Å²) in [6.07, 6.45) is 5.54. The molecule has 1 aromatic rings. The van der Waals surface area contributed by atoms with E-state index in [1.165, 1.54) is 62.7 Å². The first-order valence-corrected chi connectivity index (χ1v) is 13.3. The summed E-state index contributed by atoms with van der Waals surface area (Å²) in [4.78, 5) is 0. The lowest BCUT2D eigenvalue weighted by atomic mass is 9.76. The molecule has 146 valence electrons. The van der Waals surface area contributed by atoms with E-state index < -0.39 is 14.5 Å². The number of hydrogen-bond acceptors (Lipinski definition) is 1. The Hall–Kier alpha value is -0.683. The molecule has 0 radical (unpaired) electrons. The van der Waals surface area contributed by atoms with Crippen molar-refractivity contribution in [2.45, 2.75) is 75.7 Å². The summed E-state index contributed by atoms with van der Waals surface area (Å²) in [6, 6.07) is 9.08. The van der Waals surface area contributed by atoms with Crippen LogP contribution in [-0.4, -0.2) is 14.5 Å². The first-order chi connectivity index (χ1) is 12.4. The van der Waals surface area contributed by atoms with Gasteiger partial charge in [0.25, 0.3) is 0 Å². The maximum Gasteiger partial charge on any atom is 0.573 e. The molecular weight excluding hydrogens is 377 g/mol. The third-order valence-electron chi connectivity index (χ3n) is 6.19. The van der Waals surface area contributed by atoms with Gasteiger partial charge in [-0.05, 0) is 73.2 Å². The zero-order chi connectivity index (χ0) is 18.6. The fourth-order valence-electron chi connectivity index (χ4n) is 4.61. The van der Waals surface area contributed by atoms with Crippen LogP contribution in [0.2, 0.25) is 12.1 Å². The number of rotatable bonds is 5. The Labute approximate surface area is 160 Å². The first kappa shape index (κ1) is 20.1. The van der Waals surface area contributed by atoms with Gasteiger partial charge < -0.3 is 4.74 Å². The van der Waals surface area contributed by atoms with E-state index in [0.717, 1.165) is 30.2 Å². The first-order valence-electron chi connectivity index (χ1n) is 9.89. The SMILES string of the molecule is FC(F)(F)Oc1ccc([C@H]2CC[C@H](CCC3CC[SiH](Cl)CC3)CC2)cc1. The number of ether oxygens (including phenoxy) is 1. The van der Waals surface area contributed by atoms with Crippen LogP contribution in [0.5, 0.6) is 5.75 Å². The molecule has 1 aliphatic carbocycles. The van der Waals surface area contributed by atoms with Gasteiger partial charge in [-0.25, -0.2) is 0 Å². The summed E-state index contributed by atoms with van der Waals surface area (Å²) in [5, 5.41) is 0. The van der Waals surface area contributed by atoms with E-state index in [2.05, 4.69) is 4.74 Å². The molecule has 0 unspecified atom stereocenters. The Morgan fingerprint density at radius 2 is 1.42 bits per heavy atom. The fourth-order valence-corrected chi connectivity index (χ4v) is 7.32. The highest BCUT2D eigenvalue weighted by atomic mass is 35.6. The Morgan fingerprint density at radius 3 is 1.96 bits per heavy atom. The standard InChI is InChI=1S/C20H28ClF3OSi/c21-26-13-11-16(12-14-26)2-1-15-3-5-17(6-4-15)18-7-9-19(10-8-18)25-20(22,23)24/h7-10,15-17,26H,1-6,11-14H2/t15-,16?,17-,26?. The van der Waals surface area contributed by atoms with Crippen LogP contribution >= 0.6 is 11.1 Å². The van der Waals surface area contributed by atoms with Gasteiger partial charge in [0.15, 0.2) is 0 Å². The third-order valence-corrected chi connectivity index (χ3v) is 9.42. The van der Waals surface area contributed by atoms with Gasteiger partial charge in [0.05, 0.1) is 0 Å². The van der Waals surface area contributed by atoms with Crippen LogP contribution in [0.4, 0.5) is 13.2 Å². The minimum atomic E-state index is -4.62. The van der Waals surface area contributed by atoms with Crippen molar-refractivity contribution in [3.8, 4) is 5.75 Å². The van der Waals surface area contributed by atoms with E-state index in [-0.39, 0.29) is 5.75 Å². The largest absolute Gasteiger partial charge is 0.573 e. The Balaban J connectivity index is 1.40. The lowest BCUT2D eigenvalue weighted by molar-refractivity contribution is -0.274. The van der Waals surface area contributed by atoms with Crippen molar-refractivity contribution in [2.24, 2.45) is 11.8 Å². The van der Waals surface area contributed by atoms with Crippen LogP contribution in [0.1, 0.15) is 62.8 Å². The van der Waals surface area contributed by atoms with Crippen molar-refractivity contribution in [1.82, 2.24) is 0 Å². The fraction of sp³-hybridized carbons (Fsp3) is 0.700. The summed E-state index contributed by atoms with van der Waals surface area (Å²) >= 11 is 6.32. The number of hydrogen-bond donors (Lipinski definition) is 0. The molecule has 0 bridgehead atoms. The van der Waals surface area contributed by atoms with Crippen LogP contribution in [0, 0.1) is 11.8 Å². The van der Waals surface area contributed by atoms with E-state index in [1.807, 2.05) is 0 Å². The van der Waals surface area contributed by atoms with E-state index >= 15 is 0 Å². The molecule has 2 aliphatic rings. The van der Waals surface area contributed by atoms with Crippen molar-refractivity contribution in [3.63, 3.8) is 0 Å². The van der Waals surface area contributed by atoms with Crippen molar-refractivity contribution < 1.29 is 17.9 Å². The minimum absolute atomic E-state index is 0.135. The van der Waals surface area contributed by atoms with Gasteiger partial charge in [0.2, 0.25) is 0 Å². The van der Waals surface area contributed by atoms with E-state index in [0.29, 0.717) is 5.92 Å². The predicted molar refractivity (Wildman–Crippen MR) is 102 cm³/mol. The zero-order valence-electron chi connectivity index (χ0n) is 15.1. The van der Waals surface area contributed by atoms with Gasteiger partial charge in [-0.2, -0.15) is 11.1 Å². The van der Waals surface area contributed by atoms with E-state index in [4.69, 9.17) is 11.1 Å². The average Bonchev–Trinajstić information content (AvgIpc) is 2.61. The molecule has 1 aliphatic heterocycles. The van der Waals surface area contributed by atoms with Crippen molar-refractivity contribution in [1.29, 1.82) is 0 Å². The van der Waals surface area contributed by atoms with Crippen LogP contribution in [0.3, 0.4) is 0 Å². The molecule has 1 nitrogen and oxygen atoms in total. The van der Waals surface area contributed by atoms with Gasteiger partial charge in [-0.15, -0.1) is 13.2 Å². The van der Waals surface area contributed by atoms with Crippen LogP contribution in [0.15, 0.2) is 24.3 Å². The van der Waals surface area contributed by atoms with Gasteiger partial charge in [-0.1, -0.05) is 37.8 Å². The minimum Gasteiger partial charge on any atom is -0.406 e. The second-order valence-corrected chi connectivity index (χ2v) is 12.2. The maximum absolute atomic E-state index is 12.2. The molecule has 0 N–H and O–H groups in total. The molecule has 0 amide bonds. The molecule has 1 saturated heterocycles. The summed E-state index contributed by atoms with van der Waals surface area (Å²) in [7, 11) is -0.850. The quantitative estimate of drug-likeness (QED) is 0.378. The average molecular weight is 405 g/mol. The summed E-state index contributed by atoms with van der Waals surface area (Å²) in [5.41, 5.74) is 1.14. The summed E-state index contributed by atoms with van der Waals surface area (Å²) in [6.45, 7) is 0. The zero-order valence-corrected chi connectivity index (χ0v) is 17.0. The highest BCUT2D eigenvalue weighted by Crippen LogP contribution is 2.40. The maximum atomic E-state index is 12.2. The number of benzene rings is 1. The van der Waals surface area contributed by atoms with Crippen LogP contribution < -0.4 is 4.74 Å². The van der Waals surface area contributed by atoms with Gasteiger partial charge in [0.1, 0.15) is 13.9 Å². The molecule has 6 heteroatoms. The second kappa shape index (κ2) is 9.00. The molecule has 0 aromatic heterocycles. The third kappa shape index (κ3) is 6.19. The molecule has 2 fully saturated rings. The monoisotopic (exact) mass is 404 g/mol. The Kier molecular flexibility index (Phi) is 6.95. The molecule has 26 heavy (non-hydrogen) atoms. The molecule has 3 rings (SSSR count). The van der Waals surface area contributed by atoms with E-state index in [9.17, 15) is 13.2 Å². The van der Waals surface area contributed by atoms with Gasteiger partial charge in [-0.3, -0.25) is 0 Å². The number of halogens is 4. The highest BCUT2D eigenvalue weighted by molar-refractivity contribution is 7.07. The molecule has 0 atom stereocenters. The van der Waals surface area contributed by atoms with Crippen molar-refractivity contribution >= 4 is 19.2 Å². The van der Waals surface area contributed by atoms with Crippen LogP contribution in [0.25, 0.3) is 0 Å². The van der Waals surface area contributed by atoms with Gasteiger partial charge >= 0.3 is 6.36 Å².